The zero-order valence-electron chi connectivity index (χ0n) is 7.93. The molecule has 0 spiro atoms. The molecule has 2 nitrogen and oxygen atoms in total. The molecule has 76 valence electrons. The Balaban J connectivity index is 3.06. The van der Waals surface area contributed by atoms with Gasteiger partial charge in [-0.3, -0.25) is 4.79 Å². The fourth-order valence-corrected chi connectivity index (χ4v) is 1.58. The minimum absolute atomic E-state index is 0.154. The first kappa shape index (κ1) is 11.3. The van der Waals surface area contributed by atoms with Gasteiger partial charge in [-0.1, -0.05) is 29.3 Å². The summed E-state index contributed by atoms with van der Waals surface area (Å²) in [6.45, 7) is 1.88. The molecule has 1 aromatic carbocycles. The van der Waals surface area contributed by atoms with Crippen molar-refractivity contribution >= 4 is 29.2 Å². The Morgan fingerprint density at radius 2 is 2.07 bits per heavy atom. The van der Waals surface area contributed by atoms with Gasteiger partial charge in [0.15, 0.2) is 0 Å². The summed E-state index contributed by atoms with van der Waals surface area (Å²) in [6.07, 6.45) is 0.154. The van der Waals surface area contributed by atoms with Crippen molar-refractivity contribution in [2.75, 3.05) is 7.11 Å². The predicted octanol–water partition coefficient (Wildman–Crippen LogP) is 3.02. The molecule has 0 aliphatic carbocycles. The zero-order valence-corrected chi connectivity index (χ0v) is 9.45. The summed E-state index contributed by atoms with van der Waals surface area (Å²) in [5.41, 5.74) is 1.66. The van der Waals surface area contributed by atoms with Crippen molar-refractivity contribution in [3.05, 3.63) is 33.3 Å². The number of methoxy groups -OCH3 is 1. The van der Waals surface area contributed by atoms with Crippen LogP contribution in [0.2, 0.25) is 10.0 Å². The van der Waals surface area contributed by atoms with Gasteiger partial charge in [-0.15, -0.1) is 0 Å². The van der Waals surface area contributed by atoms with Gasteiger partial charge in [0.2, 0.25) is 0 Å². The summed E-state index contributed by atoms with van der Waals surface area (Å²) >= 11 is 11.8. The maximum absolute atomic E-state index is 11.1. The summed E-state index contributed by atoms with van der Waals surface area (Å²) in [5.74, 6) is -0.322. The minimum atomic E-state index is -0.322. The second-order valence-electron chi connectivity index (χ2n) is 2.91. The summed E-state index contributed by atoms with van der Waals surface area (Å²) in [5, 5.41) is 0.883. The van der Waals surface area contributed by atoms with Crippen LogP contribution in [0.5, 0.6) is 0 Å². The molecular formula is C10H10Cl2O2. The average molecular weight is 233 g/mol. The lowest BCUT2D eigenvalue weighted by molar-refractivity contribution is -0.139. The molecule has 14 heavy (non-hydrogen) atoms. The monoisotopic (exact) mass is 232 g/mol. The van der Waals surface area contributed by atoms with E-state index in [1.165, 1.54) is 7.11 Å². The molecule has 0 radical (unpaired) electrons. The number of halogens is 2. The lowest BCUT2D eigenvalue weighted by atomic mass is 10.1. The topological polar surface area (TPSA) is 26.3 Å². The third-order valence-electron chi connectivity index (χ3n) is 1.98. The van der Waals surface area contributed by atoms with Gasteiger partial charge in [0.1, 0.15) is 0 Å². The third-order valence-corrected chi connectivity index (χ3v) is 2.82. The number of carbonyl (C=O) groups excluding carboxylic acids is 1. The Bertz CT molecular complexity index is 361. The second kappa shape index (κ2) is 4.67. The fraction of sp³-hybridized carbons (Fsp3) is 0.300. The average Bonchev–Trinajstić information content (AvgIpc) is 2.18. The quantitative estimate of drug-likeness (QED) is 0.734. The first-order chi connectivity index (χ1) is 6.56. The number of aryl methyl sites for hydroxylation is 1. The van der Waals surface area contributed by atoms with Gasteiger partial charge >= 0.3 is 5.97 Å². The Morgan fingerprint density at radius 1 is 1.43 bits per heavy atom. The SMILES string of the molecule is COC(=O)Cc1c(C)ccc(Cl)c1Cl. The normalized spacial score (nSPS) is 10.0. The summed E-state index contributed by atoms with van der Waals surface area (Å²) in [4.78, 5) is 11.1. The highest BCUT2D eigenvalue weighted by atomic mass is 35.5. The molecular weight excluding hydrogens is 223 g/mol. The van der Waals surface area contributed by atoms with E-state index >= 15 is 0 Å². The van der Waals surface area contributed by atoms with Crippen LogP contribution < -0.4 is 0 Å². The summed E-state index contributed by atoms with van der Waals surface area (Å²) < 4.78 is 4.56. The molecule has 0 aliphatic heterocycles. The molecule has 0 fully saturated rings. The van der Waals surface area contributed by atoms with E-state index in [1.807, 2.05) is 13.0 Å². The van der Waals surface area contributed by atoms with Gasteiger partial charge in [-0.2, -0.15) is 0 Å². The Kier molecular flexibility index (Phi) is 3.78. The molecule has 1 rings (SSSR count). The van der Waals surface area contributed by atoms with Crippen molar-refractivity contribution in [2.45, 2.75) is 13.3 Å². The molecule has 0 saturated carbocycles. The van der Waals surface area contributed by atoms with Gasteiger partial charge in [-0.25, -0.2) is 0 Å². The number of benzene rings is 1. The molecule has 0 saturated heterocycles. The largest absolute Gasteiger partial charge is 0.469 e. The maximum atomic E-state index is 11.1. The number of hydrogen-bond acceptors (Lipinski definition) is 2. The number of hydrogen-bond donors (Lipinski definition) is 0. The van der Waals surface area contributed by atoms with Crippen molar-refractivity contribution in [1.29, 1.82) is 0 Å². The molecule has 0 unspecified atom stereocenters. The fourth-order valence-electron chi connectivity index (χ4n) is 1.12. The molecule has 0 amide bonds. The number of carbonyl (C=O) groups is 1. The van der Waals surface area contributed by atoms with E-state index in [9.17, 15) is 4.79 Å². The predicted molar refractivity (Wildman–Crippen MR) is 56.9 cm³/mol. The van der Waals surface area contributed by atoms with Crippen molar-refractivity contribution < 1.29 is 9.53 Å². The van der Waals surface area contributed by atoms with Crippen LogP contribution in [0.4, 0.5) is 0 Å². The van der Waals surface area contributed by atoms with Crippen molar-refractivity contribution in [3.8, 4) is 0 Å². The molecule has 0 bridgehead atoms. The Labute approximate surface area is 92.8 Å². The first-order valence-electron chi connectivity index (χ1n) is 4.06. The van der Waals surface area contributed by atoms with E-state index in [4.69, 9.17) is 23.2 Å². The highest BCUT2D eigenvalue weighted by Crippen LogP contribution is 2.28. The van der Waals surface area contributed by atoms with Crippen LogP contribution >= 0.6 is 23.2 Å². The van der Waals surface area contributed by atoms with E-state index in [0.29, 0.717) is 10.0 Å². The number of ether oxygens (including phenoxy) is 1. The third kappa shape index (κ3) is 2.40. The molecule has 4 heteroatoms. The Morgan fingerprint density at radius 3 is 2.64 bits per heavy atom. The lowest BCUT2D eigenvalue weighted by Gasteiger charge is -2.08. The van der Waals surface area contributed by atoms with Gasteiger partial charge in [0, 0.05) is 0 Å². The van der Waals surface area contributed by atoms with Crippen LogP contribution in [0.1, 0.15) is 11.1 Å². The minimum Gasteiger partial charge on any atom is -0.469 e. The van der Waals surface area contributed by atoms with Crippen molar-refractivity contribution in [1.82, 2.24) is 0 Å². The van der Waals surface area contributed by atoms with Crippen LogP contribution in [0.3, 0.4) is 0 Å². The van der Waals surface area contributed by atoms with E-state index in [1.54, 1.807) is 6.07 Å². The lowest BCUT2D eigenvalue weighted by Crippen LogP contribution is -2.06. The van der Waals surface area contributed by atoms with Gasteiger partial charge in [-0.05, 0) is 24.1 Å². The highest BCUT2D eigenvalue weighted by molar-refractivity contribution is 6.42. The first-order valence-corrected chi connectivity index (χ1v) is 4.82. The maximum Gasteiger partial charge on any atom is 0.310 e. The molecule has 1 aromatic rings. The number of esters is 1. The smallest absolute Gasteiger partial charge is 0.310 e. The van der Waals surface area contributed by atoms with Crippen molar-refractivity contribution in [2.24, 2.45) is 0 Å². The van der Waals surface area contributed by atoms with Crippen LogP contribution in [0, 0.1) is 6.92 Å². The summed E-state index contributed by atoms with van der Waals surface area (Å²) in [7, 11) is 1.34. The van der Waals surface area contributed by atoms with E-state index in [0.717, 1.165) is 11.1 Å². The molecule has 0 aromatic heterocycles. The summed E-state index contributed by atoms with van der Waals surface area (Å²) in [6, 6.07) is 3.53. The molecule has 0 heterocycles. The number of rotatable bonds is 2. The molecule has 0 aliphatic rings. The van der Waals surface area contributed by atoms with Gasteiger partial charge < -0.3 is 4.74 Å². The van der Waals surface area contributed by atoms with Gasteiger partial charge in [0.05, 0.1) is 23.6 Å². The van der Waals surface area contributed by atoms with Crippen molar-refractivity contribution in [3.63, 3.8) is 0 Å². The molecule has 0 N–H and O–H groups in total. The van der Waals surface area contributed by atoms with Crippen LogP contribution in [0.15, 0.2) is 12.1 Å². The van der Waals surface area contributed by atoms with Crippen LogP contribution in [0.25, 0.3) is 0 Å². The van der Waals surface area contributed by atoms with Crippen LogP contribution in [-0.2, 0) is 16.0 Å². The van der Waals surface area contributed by atoms with E-state index in [2.05, 4.69) is 4.74 Å². The van der Waals surface area contributed by atoms with Gasteiger partial charge in [0.25, 0.3) is 0 Å². The zero-order chi connectivity index (χ0) is 10.7. The second-order valence-corrected chi connectivity index (χ2v) is 3.69. The molecule has 0 atom stereocenters. The van der Waals surface area contributed by atoms with E-state index < -0.39 is 0 Å². The highest BCUT2D eigenvalue weighted by Gasteiger charge is 2.12. The van der Waals surface area contributed by atoms with E-state index in [-0.39, 0.29) is 12.4 Å². The Hall–Kier alpha value is -0.730. The standard InChI is InChI=1S/C10H10Cl2O2/c1-6-3-4-8(11)10(12)7(6)5-9(13)14-2/h3-4H,5H2,1-2H3. The van der Waals surface area contributed by atoms with Crippen LogP contribution in [-0.4, -0.2) is 13.1 Å².